The molecule has 6 heteroatoms. The SMILES string of the molecule is Cc1ccc(S(=O)(=O)NCCCN(C)C)cc1CO. The molecule has 0 aromatic heterocycles. The largest absolute Gasteiger partial charge is 0.392 e. The van der Waals surface area contributed by atoms with Crippen molar-refractivity contribution >= 4 is 10.0 Å². The van der Waals surface area contributed by atoms with Crippen LogP contribution in [0.2, 0.25) is 0 Å². The molecule has 2 N–H and O–H groups in total. The van der Waals surface area contributed by atoms with Gasteiger partial charge in [-0.05, 0) is 57.2 Å². The molecule has 1 aromatic rings. The Balaban J connectivity index is 2.72. The lowest BCUT2D eigenvalue weighted by molar-refractivity contribution is 0.280. The molecular weight excluding hydrogens is 264 g/mol. The molecule has 0 spiro atoms. The number of nitrogens with one attached hydrogen (secondary N) is 1. The average molecular weight is 286 g/mol. The molecular formula is C13H22N2O3S. The summed E-state index contributed by atoms with van der Waals surface area (Å²) in [6.07, 6.45) is 0.755. The maximum absolute atomic E-state index is 12.0. The summed E-state index contributed by atoms with van der Waals surface area (Å²) in [5.74, 6) is 0. The van der Waals surface area contributed by atoms with E-state index in [0.717, 1.165) is 18.5 Å². The van der Waals surface area contributed by atoms with Crippen LogP contribution in [0.3, 0.4) is 0 Å². The molecule has 19 heavy (non-hydrogen) atoms. The van der Waals surface area contributed by atoms with E-state index in [2.05, 4.69) is 4.72 Å². The molecule has 0 radical (unpaired) electrons. The minimum atomic E-state index is -3.49. The van der Waals surface area contributed by atoms with Crippen molar-refractivity contribution in [2.45, 2.75) is 24.8 Å². The van der Waals surface area contributed by atoms with Gasteiger partial charge in [0.1, 0.15) is 0 Å². The Morgan fingerprint density at radius 3 is 2.58 bits per heavy atom. The summed E-state index contributed by atoms with van der Waals surface area (Å²) in [6, 6.07) is 4.78. The monoisotopic (exact) mass is 286 g/mol. The number of hydrogen-bond acceptors (Lipinski definition) is 4. The second-order valence-electron chi connectivity index (χ2n) is 4.80. The van der Waals surface area contributed by atoms with Crippen molar-refractivity contribution in [1.82, 2.24) is 9.62 Å². The van der Waals surface area contributed by atoms with Gasteiger partial charge < -0.3 is 10.0 Å². The molecule has 0 saturated carbocycles. The number of nitrogens with zero attached hydrogens (tertiary/aromatic N) is 1. The number of aliphatic hydroxyl groups is 1. The van der Waals surface area contributed by atoms with E-state index in [1.165, 1.54) is 6.07 Å². The van der Waals surface area contributed by atoms with Crippen molar-refractivity contribution in [2.24, 2.45) is 0 Å². The van der Waals surface area contributed by atoms with Gasteiger partial charge in [0.2, 0.25) is 10.0 Å². The summed E-state index contributed by atoms with van der Waals surface area (Å²) in [6.45, 7) is 2.92. The van der Waals surface area contributed by atoms with Gasteiger partial charge in [0.25, 0.3) is 0 Å². The summed E-state index contributed by atoms with van der Waals surface area (Å²) in [5, 5.41) is 9.16. The zero-order valence-electron chi connectivity index (χ0n) is 11.7. The number of aliphatic hydroxyl groups excluding tert-OH is 1. The van der Waals surface area contributed by atoms with Gasteiger partial charge >= 0.3 is 0 Å². The number of hydrogen-bond donors (Lipinski definition) is 2. The molecule has 0 atom stereocenters. The van der Waals surface area contributed by atoms with E-state index >= 15 is 0 Å². The number of benzene rings is 1. The number of rotatable bonds is 7. The maximum atomic E-state index is 12.0. The second-order valence-corrected chi connectivity index (χ2v) is 6.57. The van der Waals surface area contributed by atoms with Crippen LogP contribution in [-0.4, -0.2) is 45.6 Å². The fourth-order valence-corrected chi connectivity index (χ4v) is 2.79. The lowest BCUT2D eigenvalue weighted by Gasteiger charge is -2.11. The Labute approximate surface area is 115 Å². The molecule has 0 amide bonds. The maximum Gasteiger partial charge on any atom is 0.240 e. The lowest BCUT2D eigenvalue weighted by Crippen LogP contribution is -2.27. The Morgan fingerprint density at radius 2 is 2.00 bits per heavy atom. The first-order chi connectivity index (χ1) is 8.86. The molecule has 0 saturated heterocycles. The smallest absolute Gasteiger partial charge is 0.240 e. The van der Waals surface area contributed by atoms with Crippen LogP contribution in [0.15, 0.2) is 23.1 Å². The molecule has 108 valence electrons. The van der Waals surface area contributed by atoms with Crippen LogP contribution in [0.5, 0.6) is 0 Å². The van der Waals surface area contributed by atoms with Crippen molar-refractivity contribution in [3.8, 4) is 0 Å². The zero-order chi connectivity index (χ0) is 14.5. The molecule has 0 heterocycles. The molecule has 0 aliphatic carbocycles. The van der Waals surface area contributed by atoms with Gasteiger partial charge in [0.05, 0.1) is 11.5 Å². The van der Waals surface area contributed by atoms with Crippen molar-refractivity contribution in [2.75, 3.05) is 27.2 Å². The van der Waals surface area contributed by atoms with Gasteiger partial charge in [0, 0.05) is 6.54 Å². The predicted octanol–water partition coefficient (Wildman–Crippen LogP) is 0.717. The predicted molar refractivity (Wildman–Crippen MR) is 75.5 cm³/mol. The van der Waals surface area contributed by atoms with Gasteiger partial charge in [-0.15, -0.1) is 0 Å². The summed E-state index contributed by atoms with van der Waals surface area (Å²) >= 11 is 0. The van der Waals surface area contributed by atoms with Crippen molar-refractivity contribution in [3.05, 3.63) is 29.3 Å². The minimum Gasteiger partial charge on any atom is -0.392 e. The van der Waals surface area contributed by atoms with E-state index in [0.29, 0.717) is 12.1 Å². The topological polar surface area (TPSA) is 69.6 Å². The Morgan fingerprint density at radius 1 is 1.32 bits per heavy atom. The van der Waals surface area contributed by atoms with Crippen molar-refractivity contribution < 1.29 is 13.5 Å². The Kier molecular flexibility index (Phi) is 5.93. The van der Waals surface area contributed by atoms with Crippen LogP contribution in [0.4, 0.5) is 0 Å². The highest BCUT2D eigenvalue weighted by atomic mass is 32.2. The molecule has 0 aliphatic heterocycles. The highest BCUT2D eigenvalue weighted by Crippen LogP contribution is 2.15. The van der Waals surface area contributed by atoms with Crippen LogP contribution in [0, 0.1) is 6.92 Å². The van der Waals surface area contributed by atoms with Crippen molar-refractivity contribution in [1.29, 1.82) is 0 Å². The molecule has 0 bridgehead atoms. The summed E-state index contributed by atoms with van der Waals surface area (Å²) in [5.41, 5.74) is 1.52. The fraction of sp³-hybridized carbons (Fsp3) is 0.538. The van der Waals surface area contributed by atoms with Crippen LogP contribution in [0.25, 0.3) is 0 Å². The first-order valence-electron chi connectivity index (χ1n) is 6.21. The average Bonchev–Trinajstić information content (AvgIpc) is 2.35. The van der Waals surface area contributed by atoms with Gasteiger partial charge in [-0.25, -0.2) is 13.1 Å². The van der Waals surface area contributed by atoms with Crippen LogP contribution < -0.4 is 4.72 Å². The molecule has 1 rings (SSSR count). The van der Waals surface area contributed by atoms with Gasteiger partial charge in [0.15, 0.2) is 0 Å². The number of sulfonamides is 1. The van der Waals surface area contributed by atoms with Gasteiger partial charge in [-0.3, -0.25) is 0 Å². The van der Waals surface area contributed by atoms with Gasteiger partial charge in [-0.1, -0.05) is 6.07 Å². The minimum absolute atomic E-state index is 0.157. The second kappa shape index (κ2) is 7.00. The highest BCUT2D eigenvalue weighted by Gasteiger charge is 2.14. The highest BCUT2D eigenvalue weighted by molar-refractivity contribution is 7.89. The van der Waals surface area contributed by atoms with E-state index < -0.39 is 10.0 Å². The standard InChI is InChI=1S/C13H22N2O3S/c1-11-5-6-13(9-12(11)10-16)19(17,18)14-7-4-8-15(2)3/h5-6,9,14,16H,4,7-8,10H2,1-3H3. The van der Waals surface area contributed by atoms with Crippen LogP contribution >= 0.6 is 0 Å². The third-order valence-corrected chi connectivity index (χ3v) is 4.33. The van der Waals surface area contributed by atoms with E-state index in [-0.39, 0.29) is 11.5 Å². The van der Waals surface area contributed by atoms with Crippen LogP contribution in [-0.2, 0) is 16.6 Å². The molecule has 1 aromatic carbocycles. The summed E-state index contributed by atoms with van der Waals surface area (Å²) in [4.78, 5) is 2.20. The normalized spacial score (nSPS) is 12.1. The first kappa shape index (κ1) is 16.1. The van der Waals surface area contributed by atoms with E-state index in [1.54, 1.807) is 12.1 Å². The fourth-order valence-electron chi connectivity index (χ4n) is 1.67. The third kappa shape index (κ3) is 4.91. The summed E-state index contributed by atoms with van der Waals surface area (Å²) in [7, 11) is 0.406. The van der Waals surface area contributed by atoms with Crippen LogP contribution in [0.1, 0.15) is 17.5 Å². The molecule has 5 nitrogen and oxygen atoms in total. The quantitative estimate of drug-likeness (QED) is 0.725. The Hall–Kier alpha value is -0.950. The molecule has 0 fully saturated rings. The zero-order valence-corrected chi connectivity index (χ0v) is 12.5. The number of aryl methyl sites for hydroxylation is 1. The molecule has 0 aliphatic rings. The van der Waals surface area contributed by atoms with E-state index in [1.807, 2.05) is 25.9 Å². The van der Waals surface area contributed by atoms with Crippen molar-refractivity contribution in [3.63, 3.8) is 0 Å². The van der Waals surface area contributed by atoms with E-state index in [9.17, 15) is 8.42 Å². The van der Waals surface area contributed by atoms with E-state index in [4.69, 9.17) is 5.11 Å². The third-order valence-electron chi connectivity index (χ3n) is 2.88. The molecule has 0 unspecified atom stereocenters. The first-order valence-corrected chi connectivity index (χ1v) is 7.70. The Bertz CT molecular complexity index is 513. The van der Waals surface area contributed by atoms with Gasteiger partial charge in [-0.2, -0.15) is 0 Å². The lowest BCUT2D eigenvalue weighted by atomic mass is 10.1. The summed E-state index contributed by atoms with van der Waals surface area (Å²) < 4.78 is 26.7.